The molecular weight excluding hydrogens is 234 g/mol. The van der Waals surface area contributed by atoms with Gasteiger partial charge in [-0.2, -0.15) is 5.26 Å². The van der Waals surface area contributed by atoms with Crippen LogP contribution in [0.5, 0.6) is 0 Å². The average Bonchev–Trinajstić information content (AvgIpc) is 2.29. The molecule has 1 aromatic rings. The van der Waals surface area contributed by atoms with Crippen LogP contribution in [0.4, 0.5) is 0 Å². The first kappa shape index (κ1) is 12.4. The van der Waals surface area contributed by atoms with Gasteiger partial charge in [0.25, 0.3) is 0 Å². The zero-order chi connectivity index (χ0) is 12.3. The quantitative estimate of drug-likeness (QED) is 0.816. The number of nitrogens with two attached hydrogens (primary N) is 1. The monoisotopic (exact) mass is 249 g/mol. The molecule has 0 saturated carbocycles. The molecule has 0 amide bonds. The summed E-state index contributed by atoms with van der Waals surface area (Å²) in [5.74, 6) is 0.407. The molecule has 0 radical (unpaired) electrons. The van der Waals surface area contributed by atoms with Gasteiger partial charge in [-0.1, -0.05) is 23.7 Å². The molecule has 2 unspecified atom stereocenters. The largest absolute Gasteiger partial charge is 0.327 e. The SMILES string of the molecule is N#CCN1CC(N)CC(c2ccc(Cl)cc2)C1. The molecule has 0 aliphatic carbocycles. The molecule has 1 aliphatic heterocycles. The minimum absolute atomic E-state index is 0.151. The molecule has 0 spiro atoms. The normalized spacial score (nSPS) is 25.5. The van der Waals surface area contributed by atoms with Crippen LogP contribution in [-0.2, 0) is 0 Å². The van der Waals surface area contributed by atoms with Crippen LogP contribution < -0.4 is 5.73 Å². The van der Waals surface area contributed by atoms with E-state index >= 15 is 0 Å². The van der Waals surface area contributed by atoms with Crippen LogP contribution in [0, 0.1) is 11.3 Å². The van der Waals surface area contributed by atoms with Crippen molar-refractivity contribution in [2.75, 3.05) is 19.6 Å². The van der Waals surface area contributed by atoms with E-state index in [1.165, 1.54) is 5.56 Å². The third-order valence-corrected chi connectivity index (χ3v) is 3.45. The Bertz CT molecular complexity index is 410. The highest BCUT2D eigenvalue weighted by Crippen LogP contribution is 2.27. The molecule has 3 nitrogen and oxygen atoms in total. The van der Waals surface area contributed by atoms with Crippen LogP contribution in [0.2, 0.25) is 5.02 Å². The van der Waals surface area contributed by atoms with Crippen molar-refractivity contribution in [3.05, 3.63) is 34.9 Å². The van der Waals surface area contributed by atoms with Crippen molar-refractivity contribution in [2.45, 2.75) is 18.4 Å². The number of nitriles is 1. The van der Waals surface area contributed by atoms with E-state index in [4.69, 9.17) is 22.6 Å². The number of nitrogens with zero attached hydrogens (tertiary/aromatic N) is 2. The van der Waals surface area contributed by atoms with Crippen molar-refractivity contribution >= 4 is 11.6 Å². The van der Waals surface area contributed by atoms with Crippen LogP contribution >= 0.6 is 11.6 Å². The van der Waals surface area contributed by atoms with Crippen molar-refractivity contribution < 1.29 is 0 Å². The zero-order valence-electron chi connectivity index (χ0n) is 9.64. The summed E-state index contributed by atoms with van der Waals surface area (Å²) in [6, 6.07) is 10.3. The van der Waals surface area contributed by atoms with Crippen LogP contribution in [0.1, 0.15) is 17.9 Å². The molecule has 90 valence electrons. The summed E-state index contributed by atoms with van der Waals surface area (Å²) in [6.07, 6.45) is 0.976. The Hall–Kier alpha value is -1.08. The lowest BCUT2D eigenvalue weighted by Gasteiger charge is -2.35. The van der Waals surface area contributed by atoms with E-state index in [1.54, 1.807) is 0 Å². The Morgan fingerprint density at radius 1 is 1.35 bits per heavy atom. The van der Waals surface area contributed by atoms with E-state index in [0.717, 1.165) is 24.5 Å². The van der Waals surface area contributed by atoms with Gasteiger partial charge >= 0.3 is 0 Å². The first-order valence-corrected chi connectivity index (χ1v) is 6.17. The highest BCUT2D eigenvalue weighted by molar-refractivity contribution is 6.30. The van der Waals surface area contributed by atoms with Gasteiger partial charge in [0.05, 0.1) is 12.6 Å². The molecule has 4 heteroatoms. The number of hydrogen-bond donors (Lipinski definition) is 1. The summed E-state index contributed by atoms with van der Waals surface area (Å²) in [5.41, 5.74) is 7.29. The summed E-state index contributed by atoms with van der Waals surface area (Å²) in [6.45, 7) is 2.18. The zero-order valence-corrected chi connectivity index (χ0v) is 10.4. The van der Waals surface area contributed by atoms with Crippen molar-refractivity contribution in [1.82, 2.24) is 4.90 Å². The number of piperidine rings is 1. The van der Waals surface area contributed by atoms with E-state index < -0.39 is 0 Å². The molecule has 2 rings (SSSR count). The van der Waals surface area contributed by atoms with Crippen molar-refractivity contribution in [1.29, 1.82) is 5.26 Å². The van der Waals surface area contributed by atoms with Gasteiger partial charge in [-0.15, -0.1) is 0 Å². The fourth-order valence-electron chi connectivity index (χ4n) is 2.44. The summed E-state index contributed by atoms with van der Waals surface area (Å²) < 4.78 is 0. The fourth-order valence-corrected chi connectivity index (χ4v) is 2.56. The molecule has 1 saturated heterocycles. The highest BCUT2D eigenvalue weighted by atomic mass is 35.5. The van der Waals surface area contributed by atoms with Crippen molar-refractivity contribution in [2.24, 2.45) is 5.73 Å². The second-order valence-corrected chi connectivity index (χ2v) is 5.03. The molecule has 2 N–H and O–H groups in total. The van der Waals surface area contributed by atoms with Crippen LogP contribution in [-0.4, -0.2) is 30.6 Å². The fraction of sp³-hybridized carbons (Fsp3) is 0.462. The van der Waals surface area contributed by atoms with Gasteiger partial charge in [0.2, 0.25) is 0 Å². The van der Waals surface area contributed by atoms with Crippen molar-refractivity contribution in [3.63, 3.8) is 0 Å². The maximum atomic E-state index is 8.75. The van der Waals surface area contributed by atoms with E-state index in [1.807, 2.05) is 12.1 Å². The third-order valence-electron chi connectivity index (χ3n) is 3.19. The molecule has 0 aromatic heterocycles. The molecule has 1 aliphatic rings. The Balaban J connectivity index is 2.10. The van der Waals surface area contributed by atoms with Crippen LogP contribution in [0.3, 0.4) is 0 Å². The van der Waals surface area contributed by atoms with E-state index in [2.05, 4.69) is 23.1 Å². The minimum Gasteiger partial charge on any atom is -0.327 e. The van der Waals surface area contributed by atoms with Gasteiger partial charge < -0.3 is 5.73 Å². The summed E-state index contributed by atoms with van der Waals surface area (Å²) in [5, 5.41) is 9.50. The van der Waals surface area contributed by atoms with E-state index in [-0.39, 0.29) is 6.04 Å². The standard InChI is InChI=1S/C13H16ClN3/c14-12-3-1-10(2-4-12)11-7-13(16)9-17(8-11)6-5-15/h1-4,11,13H,6-9,16H2. The third kappa shape index (κ3) is 3.19. The topological polar surface area (TPSA) is 53.0 Å². The maximum Gasteiger partial charge on any atom is 0.0866 e. The van der Waals surface area contributed by atoms with Gasteiger partial charge in [-0.05, 0) is 30.0 Å². The molecule has 1 fully saturated rings. The lowest BCUT2D eigenvalue weighted by atomic mass is 9.88. The van der Waals surface area contributed by atoms with Crippen molar-refractivity contribution in [3.8, 4) is 6.07 Å². The number of benzene rings is 1. The smallest absolute Gasteiger partial charge is 0.0866 e. The summed E-state index contributed by atoms with van der Waals surface area (Å²) >= 11 is 5.88. The Morgan fingerprint density at radius 2 is 2.06 bits per heavy atom. The predicted molar refractivity (Wildman–Crippen MR) is 68.8 cm³/mol. The molecular formula is C13H16ClN3. The summed E-state index contributed by atoms with van der Waals surface area (Å²) in [4.78, 5) is 2.12. The highest BCUT2D eigenvalue weighted by Gasteiger charge is 2.25. The van der Waals surface area contributed by atoms with Crippen LogP contribution in [0.25, 0.3) is 0 Å². The molecule has 17 heavy (non-hydrogen) atoms. The van der Waals surface area contributed by atoms with Gasteiger partial charge in [0.1, 0.15) is 0 Å². The van der Waals surface area contributed by atoms with E-state index in [9.17, 15) is 0 Å². The van der Waals surface area contributed by atoms with Gasteiger partial charge in [-0.25, -0.2) is 0 Å². The number of rotatable bonds is 2. The maximum absolute atomic E-state index is 8.75. The van der Waals surface area contributed by atoms with Gasteiger partial charge in [0, 0.05) is 24.2 Å². The molecule has 2 atom stereocenters. The first-order chi connectivity index (χ1) is 8.19. The molecule has 1 heterocycles. The second-order valence-electron chi connectivity index (χ2n) is 4.60. The number of halogens is 1. The minimum atomic E-state index is 0.151. The Labute approximate surface area is 107 Å². The summed E-state index contributed by atoms with van der Waals surface area (Å²) in [7, 11) is 0. The van der Waals surface area contributed by atoms with Gasteiger partial charge in [0.15, 0.2) is 0 Å². The Kier molecular flexibility index (Phi) is 4.01. The van der Waals surface area contributed by atoms with Crippen LogP contribution in [0.15, 0.2) is 24.3 Å². The lowest BCUT2D eigenvalue weighted by Crippen LogP contribution is -2.46. The van der Waals surface area contributed by atoms with E-state index in [0.29, 0.717) is 12.5 Å². The molecule has 0 bridgehead atoms. The number of likely N-dealkylation sites (tertiary alicyclic amines) is 1. The number of hydrogen-bond acceptors (Lipinski definition) is 3. The lowest BCUT2D eigenvalue weighted by molar-refractivity contribution is 0.209. The molecule has 1 aromatic carbocycles. The van der Waals surface area contributed by atoms with Gasteiger partial charge in [-0.3, -0.25) is 4.90 Å². The Morgan fingerprint density at radius 3 is 2.71 bits per heavy atom. The second kappa shape index (κ2) is 5.50. The predicted octanol–water partition coefficient (Wildman–Crippen LogP) is 1.98. The first-order valence-electron chi connectivity index (χ1n) is 5.79. The average molecular weight is 250 g/mol.